The zero-order chi connectivity index (χ0) is 15.2. The number of rotatable bonds is 7. The monoisotopic (exact) mass is 298 g/mol. The van der Waals surface area contributed by atoms with Gasteiger partial charge in [0.1, 0.15) is 6.61 Å². The van der Waals surface area contributed by atoms with Crippen molar-refractivity contribution in [3.8, 4) is 11.5 Å². The topological polar surface area (TPSA) is 56.5 Å². The first-order valence-corrected chi connectivity index (χ1v) is 6.45. The molecule has 0 saturated heterocycles. The van der Waals surface area contributed by atoms with E-state index in [1.54, 1.807) is 18.2 Å². The molecule has 0 aliphatic rings. The molecule has 0 unspecified atom stereocenters. The van der Waals surface area contributed by atoms with Gasteiger partial charge >= 0.3 is 6.55 Å². The molecular weight excluding hydrogens is 282 g/mol. The highest BCUT2D eigenvalue weighted by atomic mass is 19.3. The highest BCUT2D eigenvalue weighted by molar-refractivity contribution is 5.46. The molecule has 0 atom stereocenters. The number of halogens is 2. The van der Waals surface area contributed by atoms with Gasteiger partial charge < -0.3 is 14.6 Å². The van der Waals surface area contributed by atoms with Gasteiger partial charge in [0.25, 0.3) is 0 Å². The van der Waals surface area contributed by atoms with Crippen molar-refractivity contribution in [1.29, 1.82) is 0 Å². The second kappa shape index (κ2) is 7.03. The third-order valence-electron chi connectivity index (χ3n) is 2.84. The van der Waals surface area contributed by atoms with Gasteiger partial charge in [0.2, 0.25) is 0 Å². The summed E-state index contributed by atoms with van der Waals surface area (Å²) in [5.41, 5.74) is 0.524. The van der Waals surface area contributed by atoms with Crippen molar-refractivity contribution in [2.45, 2.75) is 26.7 Å². The Labute approximate surface area is 120 Å². The summed E-state index contributed by atoms with van der Waals surface area (Å²) in [7, 11) is 0. The van der Waals surface area contributed by atoms with Gasteiger partial charge in [0.15, 0.2) is 17.3 Å². The molecule has 1 aromatic carbocycles. The zero-order valence-electron chi connectivity index (χ0n) is 11.5. The SMILES string of the molecule is CCOc1cccc(CO)c1OCc1nccn1C(F)F. The minimum absolute atomic E-state index is 0.0974. The number of aliphatic hydroxyl groups excluding tert-OH is 1. The van der Waals surface area contributed by atoms with Crippen LogP contribution in [0.3, 0.4) is 0 Å². The number of ether oxygens (including phenoxy) is 2. The summed E-state index contributed by atoms with van der Waals surface area (Å²) in [5.74, 6) is 0.894. The Morgan fingerprint density at radius 3 is 2.81 bits per heavy atom. The third-order valence-corrected chi connectivity index (χ3v) is 2.84. The molecule has 21 heavy (non-hydrogen) atoms. The van der Waals surface area contributed by atoms with Crippen LogP contribution in [0.1, 0.15) is 24.9 Å². The van der Waals surface area contributed by atoms with Crippen LogP contribution < -0.4 is 9.47 Å². The molecule has 0 radical (unpaired) electrons. The van der Waals surface area contributed by atoms with Gasteiger partial charge in [0.05, 0.1) is 13.2 Å². The number of imidazole rings is 1. The van der Waals surface area contributed by atoms with Gasteiger partial charge in [-0.3, -0.25) is 4.57 Å². The second-order valence-electron chi connectivity index (χ2n) is 4.15. The summed E-state index contributed by atoms with van der Waals surface area (Å²) in [6.45, 7) is -0.811. The lowest BCUT2D eigenvalue weighted by Gasteiger charge is -2.15. The number of aliphatic hydroxyl groups is 1. The lowest BCUT2D eigenvalue weighted by atomic mass is 10.2. The van der Waals surface area contributed by atoms with Gasteiger partial charge in [-0.2, -0.15) is 8.78 Å². The van der Waals surface area contributed by atoms with E-state index in [0.29, 0.717) is 23.7 Å². The minimum Gasteiger partial charge on any atom is -0.490 e. The Hall–Kier alpha value is -2.15. The van der Waals surface area contributed by atoms with E-state index in [0.717, 1.165) is 4.57 Å². The van der Waals surface area contributed by atoms with Gasteiger partial charge in [-0.05, 0) is 13.0 Å². The number of aromatic nitrogens is 2. The summed E-state index contributed by atoms with van der Waals surface area (Å²) in [6, 6.07) is 5.10. The van der Waals surface area contributed by atoms with E-state index in [9.17, 15) is 13.9 Å². The van der Waals surface area contributed by atoms with Crippen molar-refractivity contribution >= 4 is 0 Å². The van der Waals surface area contributed by atoms with E-state index in [-0.39, 0.29) is 19.0 Å². The quantitative estimate of drug-likeness (QED) is 0.854. The van der Waals surface area contributed by atoms with E-state index in [1.165, 1.54) is 12.4 Å². The Morgan fingerprint density at radius 1 is 1.33 bits per heavy atom. The molecule has 1 aromatic heterocycles. The van der Waals surface area contributed by atoms with Crippen LogP contribution in [-0.4, -0.2) is 21.3 Å². The molecule has 0 bridgehead atoms. The van der Waals surface area contributed by atoms with Gasteiger partial charge in [-0.1, -0.05) is 12.1 Å². The van der Waals surface area contributed by atoms with Gasteiger partial charge in [-0.25, -0.2) is 4.98 Å². The standard InChI is InChI=1S/C14H16F2N2O3/c1-2-20-11-5-3-4-10(8-19)13(11)21-9-12-17-6-7-18(12)14(15)16/h3-7,14,19H,2,8-9H2,1H3. The molecule has 5 nitrogen and oxygen atoms in total. The van der Waals surface area contributed by atoms with Crippen molar-refractivity contribution in [3.05, 3.63) is 42.0 Å². The Morgan fingerprint density at radius 2 is 2.14 bits per heavy atom. The average molecular weight is 298 g/mol. The summed E-state index contributed by atoms with van der Waals surface area (Å²) in [4.78, 5) is 3.84. The molecule has 0 amide bonds. The molecular formula is C14H16F2N2O3. The van der Waals surface area contributed by atoms with Gasteiger partial charge in [-0.15, -0.1) is 0 Å². The number of hydrogen-bond acceptors (Lipinski definition) is 4. The molecule has 2 rings (SSSR count). The zero-order valence-corrected chi connectivity index (χ0v) is 11.5. The summed E-state index contributed by atoms with van der Waals surface area (Å²) >= 11 is 0. The lowest BCUT2D eigenvalue weighted by molar-refractivity contribution is 0.0630. The largest absolute Gasteiger partial charge is 0.490 e. The summed E-state index contributed by atoms with van der Waals surface area (Å²) < 4.78 is 37.2. The minimum atomic E-state index is -2.68. The Balaban J connectivity index is 2.20. The predicted molar refractivity (Wildman–Crippen MR) is 71.3 cm³/mol. The maximum absolute atomic E-state index is 12.7. The molecule has 0 aliphatic heterocycles. The number of para-hydroxylation sites is 1. The van der Waals surface area contributed by atoms with Crippen molar-refractivity contribution in [2.75, 3.05) is 6.61 Å². The number of hydrogen-bond donors (Lipinski definition) is 1. The smallest absolute Gasteiger partial charge is 0.320 e. The Kier molecular flexibility index (Phi) is 5.10. The lowest BCUT2D eigenvalue weighted by Crippen LogP contribution is -2.09. The van der Waals surface area contributed by atoms with Crippen LogP contribution in [0.25, 0.3) is 0 Å². The fraction of sp³-hybridized carbons (Fsp3) is 0.357. The number of nitrogens with zero attached hydrogens (tertiary/aromatic N) is 2. The van der Waals surface area contributed by atoms with Crippen LogP contribution in [0.4, 0.5) is 8.78 Å². The maximum Gasteiger partial charge on any atom is 0.320 e. The normalized spacial score (nSPS) is 10.9. The number of alkyl halides is 2. The molecule has 1 N–H and O–H groups in total. The van der Waals surface area contributed by atoms with Crippen molar-refractivity contribution < 1.29 is 23.4 Å². The van der Waals surface area contributed by atoms with Crippen LogP contribution in [-0.2, 0) is 13.2 Å². The van der Waals surface area contributed by atoms with E-state index in [2.05, 4.69) is 4.98 Å². The van der Waals surface area contributed by atoms with Crippen molar-refractivity contribution in [2.24, 2.45) is 0 Å². The van der Waals surface area contributed by atoms with Crippen LogP contribution in [0.15, 0.2) is 30.6 Å². The third kappa shape index (κ3) is 3.49. The first-order chi connectivity index (χ1) is 10.2. The van der Waals surface area contributed by atoms with Crippen LogP contribution in [0.5, 0.6) is 11.5 Å². The molecule has 2 aromatic rings. The summed E-state index contributed by atoms with van der Waals surface area (Å²) in [6.07, 6.45) is 2.47. The predicted octanol–water partition coefficient (Wildman–Crippen LogP) is 2.75. The number of benzene rings is 1. The van der Waals surface area contributed by atoms with E-state index >= 15 is 0 Å². The van der Waals surface area contributed by atoms with Crippen LogP contribution >= 0.6 is 0 Å². The highest BCUT2D eigenvalue weighted by Gasteiger charge is 2.15. The fourth-order valence-electron chi connectivity index (χ4n) is 1.89. The molecule has 114 valence electrons. The van der Waals surface area contributed by atoms with Gasteiger partial charge in [0, 0.05) is 18.0 Å². The fourth-order valence-corrected chi connectivity index (χ4v) is 1.89. The second-order valence-corrected chi connectivity index (χ2v) is 4.15. The average Bonchev–Trinajstić information content (AvgIpc) is 2.94. The molecule has 7 heteroatoms. The first-order valence-electron chi connectivity index (χ1n) is 6.45. The highest BCUT2D eigenvalue weighted by Crippen LogP contribution is 2.32. The van der Waals surface area contributed by atoms with Crippen LogP contribution in [0, 0.1) is 0 Å². The van der Waals surface area contributed by atoms with E-state index < -0.39 is 6.55 Å². The van der Waals surface area contributed by atoms with E-state index in [1.807, 2.05) is 6.92 Å². The molecule has 1 heterocycles. The Bertz CT molecular complexity index is 587. The molecule has 0 spiro atoms. The summed E-state index contributed by atoms with van der Waals surface area (Å²) in [5, 5.41) is 9.33. The molecule has 0 fully saturated rings. The van der Waals surface area contributed by atoms with Crippen molar-refractivity contribution in [1.82, 2.24) is 9.55 Å². The molecule has 0 saturated carbocycles. The van der Waals surface area contributed by atoms with Crippen LogP contribution in [0.2, 0.25) is 0 Å². The maximum atomic E-state index is 12.7. The molecule has 0 aliphatic carbocycles. The van der Waals surface area contributed by atoms with Crippen molar-refractivity contribution in [3.63, 3.8) is 0 Å². The van der Waals surface area contributed by atoms with E-state index in [4.69, 9.17) is 9.47 Å². The first kappa shape index (κ1) is 15.2.